The van der Waals surface area contributed by atoms with Gasteiger partial charge in [-0.05, 0) is 48.5 Å². The van der Waals surface area contributed by atoms with Crippen LogP contribution >= 0.6 is 23.2 Å². The Morgan fingerprint density at radius 2 is 1.64 bits per heavy atom. The molecular formula is C20H16Cl2N2O3S. The van der Waals surface area contributed by atoms with Gasteiger partial charge in [-0.1, -0.05) is 47.5 Å². The van der Waals surface area contributed by atoms with Gasteiger partial charge in [-0.2, -0.15) is 0 Å². The van der Waals surface area contributed by atoms with Gasteiger partial charge in [0.25, 0.3) is 15.9 Å². The molecule has 3 rings (SSSR count). The summed E-state index contributed by atoms with van der Waals surface area (Å²) in [5.41, 5.74) is 1.10. The van der Waals surface area contributed by atoms with E-state index in [9.17, 15) is 13.2 Å². The molecule has 0 heterocycles. The SMILES string of the molecule is CN(c1ccccc1)S(=O)(=O)c1cccc(NC(=O)c2ccc(Cl)cc2Cl)c1. The molecule has 0 saturated carbocycles. The molecule has 1 N–H and O–H groups in total. The van der Waals surface area contributed by atoms with Crippen molar-refractivity contribution in [1.82, 2.24) is 0 Å². The fraction of sp³-hybridized carbons (Fsp3) is 0.0500. The topological polar surface area (TPSA) is 66.5 Å². The second-order valence-electron chi connectivity index (χ2n) is 5.91. The van der Waals surface area contributed by atoms with Crippen LogP contribution in [-0.4, -0.2) is 21.4 Å². The molecule has 3 aromatic rings. The zero-order chi connectivity index (χ0) is 20.3. The van der Waals surface area contributed by atoms with Crippen molar-refractivity contribution in [2.75, 3.05) is 16.7 Å². The van der Waals surface area contributed by atoms with Crippen LogP contribution in [0, 0.1) is 0 Å². The number of benzene rings is 3. The lowest BCUT2D eigenvalue weighted by atomic mass is 10.2. The first kappa shape index (κ1) is 20.2. The Labute approximate surface area is 173 Å². The average molecular weight is 435 g/mol. The summed E-state index contributed by atoms with van der Waals surface area (Å²) in [6.45, 7) is 0. The molecule has 0 aliphatic heterocycles. The lowest BCUT2D eigenvalue weighted by molar-refractivity contribution is 0.102. The van der Waals surface area contributed by atoms with Crippen molar-refractivity contribution in [2.24, 2.45) is 0 Å². The summed E-state index contributed by atoms with van der Waals surface area (Å²) in [7, 11) is -2.31. The first-order valence-corrected chi connectivity index (χ1v) is 10.4. The van der Waals surface area contributed by atoms with E-state index in [1.165, 1.54) is 35.6 Å². The smallest absolute Gasteiger partial charge is 0.264 e. The number of halogens is 2. The molecule has 8 heteroatoms. The van der Waals surface area contributed by atoms with E-state index in [2.05, 4.69) is 5.32 Å². The van der Waals surface area contributed by atoms with Crippen LogP contribution in [0.25, 0.3) is 0 Å². The van der Waals surface area contributed by atoms with Crippen LogP contribution in [-0.2, 0) is 10.0 Å². The number of sulfonamides is 1. The molecule has 0 saturated heterocycles. The number of nitrogens with zero attached hydrogens (tertiary/aromatic N) is 1. The number of hydrogen-bond acceptors (Lipinski definition) is 3. The fourth-order valence-electron chi connectivity index (χ4n) is 2.54. The second-order valence-corrected chi connectivity index (χ2v) is 8.73. The lowest BCUT2D eigenvalue weighted by Crippen LogP contribution is -2.26. The van der Waals surface area contributed by atoms with Gasteiger partial charge in [-0.3, -0.25) is 9.10 Å². The van der Waals surface area contributed by atoms with Crippen LogP contribution in [0.2, 0.25) is 10.0 Å². The molecule has 144 valence electrons. The lowest BCUT2D eigenvalue weighted by Gasteiger charge is -2.20. The van der Waals surface area contributed by atoms with Crippen LogP contribution in [0.1, 0.15) is 10.4 Å². The van der Waals surface area contributed by atoms with E-state index in [4.69, 9.17) is 23.2 Å². The van der Waals surface area contributed by atoms with Gasteiger partial charge in [0.05, 0.1) is 21.2 Å². The molecule has 0 unspecified atom stereocenters. The Balaban J connectivity index is 1.87. The number of amides is 1. The number of rotatable bonds is 5. The highest BCUT2D eigenvalue weighted by molar-refractivity contribution is 7.92. The molecule has 0 aliphatic carbocycles. The molecule has 0 bridgehead atoms. The molecule has 5 nitrogen and oxygen atoms in total. The summed E-state index contributed by atoms with van der Waals surface area (Å²) in [6.07, 6.45) is 0. The molecule has 0 fully saturated rings. The predicted octanol–water partition coefficient (Wildman–Crippen LogP) is 5.07. The molecule has 0 aliphatic rings. The fourth-order valence-corrected chi connectivity index (χ4v) is 4.28. The van der Waals surface area contributed by atoms with Crippen molar-refractivity contribution in [3.8, 4) is 0 Å². The van der Waals surface area contributed by atoms with Crippen LogP contribution in [0.5, 0.6) is 0 Å². The highest BCUT2D eigenvalue weighted by Crippen LogP contribution is 2.25. The second kappa shape index (κ2) is 8.22. The standard InChI is InChI=1S/C20H16Cl2N2O3S/c1-24(16-7-3-2-4-8-16)28(26,27)17-9-5-6-15(13-17)23-20(25)18-11-10-14(21)12-19(18)22/h2-13H,1H3,(H,23,25). The zero-order valence-electron chi connectivity index (χ0n) is 14.8. The summed E-state index contributed by atoms with van der Waals surface area (Å²) in [5, 5.41) is 3.28. The number of nitrogens with one attached hydrogen (secondary N) is 1. The Hall–Kier alpha value is -2.54. The Bertz CT molecular complexity index is 1120. The van der Waals surface area contributed by atoms with Gasteiger partial charge in [0.2, 0.25) is 0 Å². The summed E-state index contributed by atoms with van der Waals surface area (Å²) < 4.78 is 27.0. The van der Waals surface area contributed by atoms with E-state index in [0.29, 0.717) is 16.4 Å². The molecule has 0 radical (unpaired) electrons. The van der Waals surface area contributed by atoms with E-state index < -0.39 is 15.9 Å². The van der Waals surface area contributed by atoms with Gasteiger partial charge in [0, 0.05) is 17.8 Å². The van der Waals surface area contributed by atoms with E-state index in [1.54, 1.807) is 42.5 Å². The van der Waals surface area contributed by atoms with Crippen LogP contribution in [0.3, 0.4) is 0 Å². The normalized spacial score (nSPS) is 11.1. The molecule has 0 atom stereocenters. The minimum absolute atomic E-state index is 0.0545. The third-order valence-corrected chi connectivity index (χ3v) is 6.38. The van der Waals surface area contributed by atoms with Gasteiger partial charge in [0.1, 0.15) is 0 Å². The van der Waals surface area contributed by atoms with Gasteiger partial charge < -0.3 is 5.32 Å². The average Bonchev–Trinajstić information content (AvgIpc) is 2.68. The van der Waals surface area contributed by atoms with Crippen molar-refractivity contribution in [3.63, 3.8) is 0 Å². The first-order chi connectivity index (χ1) is 13.3. The largest absolute Gasteiger partial charge is 0.322 e. The number of carbonyl (C=O) groups excluding carboxylic acids is 1. The summed E-state index contributed by atoms with van der Waals surface area (Å²) in [5.74, 6) is -0.465. The first-order valence-electron chi connectivity index (χ1n) is 8.19. The Morgan fingerprint density at radius 1 is 0.929 bits per heavy atom. The van der Waals surface area contributed by atoms with Gasteiger partial charge >= 0.3 is 0 Å². The molecule has 3 aromatic carbocycles. The summed E-state index contributed by atoms with van der Waals surface area (Å²) in [4.78, 5) is 12.5. The highest BCUT2D eigenvalue weighted by atomic mass is 35.5. The number of anilines is 2. The van der Waals surface area contributed by atoms with Crippen LogP contribution in [0.15, 0.2) is 77.7 Å². The maximum absolute atomic E-state index is 12.9. The third kappa shape index (κ3) is 4.30. The van der Waals surface area contributed by atoms with Gasteiger partial charge in [-0.15, -0.1) is 0 Å². The number of hydrogen-bond donors (Lipinski definition) is 1. The summed E-state index contributed by atoms with van der Waals surface area (Å²) >= 11 is 11.9. The van der Waals surface area contributed by atoms with Crippen LogP contribution in [0.4, 0.5) is 11.4 Å². The Morgan fingerprint density at radius 3 is 2.32 bits per heavy atom. The van der Waals surface area contributed by atoms with Crippen molar-refractivity contribution in [2.45, 2.75) is 4.90 Å². The molecule has 0 spiro atoms. The number of para-hydroxylation sites is 1. The van der Waals surface area contributed by atoms with E-state index in [-0.39, 0.29) is 15.5 Å². The van der Waals surface area contributed by atoms with Crippen LogP contribution < -0.4 is 9.62 Å². The van der Waals surface area contributed by atoms with Crippen molar-refractivity contribution in [1.29, 1.82) is 0 Å². The summed E-state index contributed by atoms with van der Waals surface area (Å²) in [6, 6.07) is 19.3. The van der Waals surface area contributed by atoms with E-state index >= 15 is 0 Å². The van der Waals surface area contributed by atoms with E-state index in [1.807, 2.05) is 6.07 Å². The minimum Gasteiger partial charge on any atom is -0.322 e. The van der Waals surface area contributed by atoms with Gasteiger partial charge in [0.15, 0.2) is 0 Å². The van der Waals surface area contributed by atoms with Crippen molar-refractivity contribution >= 4 is 50.5 Å². The van der Waals surface area contributed by atoms with Crippen molar-refractivity contribution < 1.29 is 13.2 Å². The van der Waals surface area contributed by atoms with Gasteiger partial charge in [-0.25, -0.2) is 8.42 Å². The highest BCUT2D eigenvalue weighted by Gasteiger charge is 2.22. The zero-order valence-corrected chi connectivity index (χ0v) is 17.1. The third-order valence-electron chi connectivity index (χ3n) is 4.05. The Kier molecular flexibility index (Phi) is 5.93. The number of carbonyl (C=O) groups is 1. The molecule has 28 heavy (non-hydrogen) atoms. The minimum atomic E-state index is -3.79. The molecule has 1 amide bonds. The molecule has 0 aromatic heterocycles. The maximum Gasteiger partial charge on any atom is 0.264 e. The monoisotopic (exact) mass is 434 g/mol. The molecular weight excluding hydrogens is 419 g/mol. The van der Waals surface area contributed by atoms with E-state index in [0.717, 1.165) is 0 Å². The quantitative estimate of drug-likeness (QED) is 0.609. The predicted molar refractivity (Wildman–Crippen MR) is 113 cm³/mol. The van der Waals surface area contributed by atoms with Crippen molar-refractivity contribution in [3.05, 3.63) is 88.4 Å². The maximum atomic E-state index is 12.9.